The number of hydrogen-bond donors (Lipinski definition) is 1. The molecule has 1 fully saturated rings. The highest BCUT2D eigenvalue weighted by molar-refractivity contribution is 6.18. The smallest absolute Gasteiger partial charge is 0.0261 e. The molecule has 0 aromatic rings. The molecular weight excluding hydrogens is 184 g/mol. The van der Waals surface area contributed by atoms with Gasteiger partial charge in [-0.15, -0.1) is 11.6 Å². The second-order valence-corrected chi connectivity index (χ2v) is 4.32. The maximum atomic E-state index is 5.71. The number of nitrogens with zero attached hydrogens (tertiary/aromatic N) is 1. The van der Waals surface area contributed by atoms with Gasteiger partial charge in [-0.05, 0) is 38.4 Å². The van der Waals surface area contributed by atoms with Crippen LogP contribution in [-0.2, 0) is 0 Å². The topological polar surface area (TPSA) is 15.3 Å². The summed E-state index contributed by atoms with van der Waals surface area (Å²) in [4.78, 5) is 2.53. The fraction of sp³-hybridized carbons (Fsp3) is 1.00. The first kappa shape index (κ1) is 11.3. The molecule has 0 spiro atoms. The summed E-state index contributed by atoms with van der Waals surface area (Å²) in [7, 11) is 0. The molecule has 1 rings (SSSR count). The standard InChI is InChI=1S/C10H21ClN2/c1-10(8-11)9-12-4-7-13-5-2-3-6-13/h10,12H,2-9H2,1H3. The van der Waals surface area contributed by atoms with Crippen LogP contribution in [0.25, 0.3) is 0 Å². The molecule has 0 saturated carbocycles. The normalized spacial score (nSPS) is 20.8. The van der Waals surface area contributed by atoms with Gasteiger partial charge in [0.25, 0.3) is 0 Å². The van der Waals surface area contributed by atoms with E-state index in [-0.39, 0.29) is 0 Å². The van der Waals surface area contributed by atoms with E-state index in [1.54, 1.807) is 0 Å². The first-order valence-corrected chi connectivity index (χ1v) is 5.85. The van der Waals surface area contributed by atoms with Crippen LogP contribution in [0.3, 0.4) is 0 Å². The van der Waals surface area contributed by atoms with E-state index in [4.69, 9.17) is 11.6 Å². The molecule has 1 heterocycles. The second kappa shape index (κ2) is 6.63. The molecule has 2 nitrogen and oxygen atoms in total. The van der Waals surface area contributed by atoms with E-state index >= 15 is 0 Å². The van der Waals surface area contributed by atoms with E-state index in [1.165, 1.54) is 32.5 Å². The molecule has 1 N–H and O–H groups in total. The Morgan fingerprint density at radius 3 is 2.69 bits per heavy atom. The van der Waals surface area contributed by atoms with Crippen molar-refractivity contribution in [2.45, 2.75) is 19.8 Å². The molecule has 1 unspecified atom stereocenters. The first-order valence-electron chi connectivity index (χ1n) is 5.32. The van der Waals surface area contributed by atoms with Crippen LogP contribution in [0.5, 0.6) is 0 Å². The van der Waals surface area contributed by atoms with Crippen molar-refractivity contribution < 1.29 is 0 Å². The van der Waals surface area contributed by atoms with E-state index in [0.717, 1.165) is 19.0 Å². The lowest BCUT2D eigenvalue weighted by atomic mass is 10.2. The number of likely N-dealkylation sites (tertiary alicyclic amines) is 1. The molecule has 3 heteroatoms. The van der Waals surface area contributed by atoms with Gasteiger partial charge in [-0.3, -0.25) is 0 Å². The van der Waals surface area contributed by atoms with E-state index in [1.807, 2.05) is 0 Å². The third kappa shape index (κ3) is 4.84. The molecule has 1 aliphatic rings. The van der Waals surface area contributed by atoms with Crippen LogP contribution in [0, 0.1) is 5.92 Å². The molecule has 0 aliphatic carbocycles. The summed E-state index contributed by atoms with van der Waals surface area (Å²) < 4.78 is 0. The van der Waals surface area contributed by atoms with Crippen LogP contribution in [-0.4, -0.2) is 43.5 Å². The summed E-state index contributed by atoms with van der Waals surface area (Å²) in [6, 6.07) is 0. The Labute approximate surface area is 86.6 Å². The van der Waals surface area contributed by atoms with E-state index in [9.17, 15) is 0 Å². The zero-order valence-electron chi connectivity index (χ0n) is 8.56. The molecule has 1 aliphatic heterocycles. The first-order chi connectivity index (χ1) is 6.33. The maximum Gasteiger partial charge on any atom is 0.0261 e. The summed E-state index contributed by atoms with van der Waals surface area (Å²) in [6.45, 7) is 8.14. The monoisotopic (exact) mass is 204 g/mol. The Kier molecular flexibility index (Phi) is 5.76. The summed E-state index contributed by atoms with van der Waals surface area (Å²) >= 11 is 5.71. The number of hydrogen-bond acceptors (Lipinski definition) is 2. The minimum atomic E-state index is 0.597. The summed E-state index contributed by atoms with van der Waals surface area (Å²) in [5.74, 6) is 1.36. The van der Waals surface area contributed by atoms with E-state index in [0.29, 0.717) is 5.92 Å². The minimum absolute atomic E-state index is 0.597. The van der Waals surface area contributed by atoms with Crippen LogP contribution in [0.15, 0.2) is 0 Å². The van der Waals surface area contributed by atoms with Crippen molar-refractivity contribution in [2.75, 3.05) is 38.6 Å². The van der Waals surface area contributed by atoms with Gasteiger partial charge in [0, 0.05) is 19.0 Å². The van der Waals surface area contributed by atoms with Crippen LogP contribution in [0.2, 0.25) is 0 Å². The number of alkyl halides is 1. The van der Waals surface area contributed by atoms with Crippen molar-refractivity contribution in [3.63, 3.8) is 0 Å². The molecular formula is C10H21ClN2. The quantitative estimate of drug-likeness (QED) is 0.522. The van der Waals surface area contributed by atoms with Gasteiger partial charge in [-0.2, -0.15) is 0 Å². The van der Waals surface area contributed by atoms with Gasteiger partial charge in [0.1, 0.15) is 0 Å². The fourth-order valence-corrected chi connectivity index (χ4v) is 1.76. The van der Waals surface area contributed by atoms with Gasteiger partial charge in [0.2, 0.25) is 0 Å². The van der Waals surface area contributed by atoms with Gasteiger partial charge >= 0.3 is 0 Å². The Hall–Kier alpha value is 0.210. The fourth-order valence-electron chi connectivity index (χ4n) is 1.65. The lowest BCUT2D eigenvalue weighted by Crippen LogP contribution is -2.32. The van der Waals surface area contributed by atoms with Gasteiger partial charge in [0.05, 0.1) is 0 Å². The van der Waals surface area contributed by atoms with Gasteiger partial charge in [-0.1, -0.05) is 6.92 Å². The maximum absolute atomic E-state index is 5.71. The number of nitrogens with one attached hydrogen (secondary N) is 1. The van der Waals surface area contributed by atoms with Crippen LogP contribution >= 0.6 is 11.6 Å². The van der Waals surface area contributed by atoms with Crippen molar-refractivity contribution in [1.82, 2.24) is 10.2 Å². The number of halogens is 1. The lowest BCUT2D eigenvalue weighted by Gasteiger charge is -2.15. The van der Waals surface area contributed by atoms with Crippen molar-refractivity contribution in [2.24, 2.45) is 5.92 Å². The highest BCUT2D eigenvalue weighted by Crippen LogP contribution is 2.05. The predicted molar refractivity (Wildman–Crippen MR) is 58.4 cm³/mol. The average molecular weight is 205 g/mol. The molecule has 0 aromatic carbocycles. The Bertz CT molecular complexity index is 124. The minimum Gasteiger partial charge on any atom is -0.315 e. The molecule has 1 saturated heterocycles. The zero-order valence-corrected chi connectivity index (χ0v) is 9.32. The molecule has 0 radical (unpaired) electrons. The van der Waals surface area contributed by atoms with Crippen LogP contribution in [0.4, 0.5) is 0 Å². The van der Waals surface area contributed by atoms with Crippen molar-refractivity contribution in [3.05, 3.63) is 0 Å². The largest absolute Gasteiger partial charge is 0.315 e. The molecule has 0 aromatic heterocycles. The molecule has 0 bridgehead atoms. The molecule has 13 heavy (non-hydrogen) atoms. The Morgan fingerprint density at radius 2 is 2.08 bits per heavy atom. The van der Waals surface area contributed by atoms with Crippen molar-refractivity contribution in [1.29, 1.82) is 0 Å². The zero-order chi connectivity index (χ0) is 9.52. The molecule has 0 amide bonds. The lowest BCUT2D eigenvalue weighted by molar-refractivity contribution is 0.333. The summed E-state index contributed by atoms with van der Waals surface area (Å²) in [5.41, 5.74) is 0. The van der Waals surface area contributed by atoms with E-state index in [2.05, 4.69) is 17.1 Å². The van der Waals surface area contributed by atoms with Crippen LogP contribution < -0.4 is 5.32 Å². The third-order valence-corrected chi connectivity index (χ3v) is 3.09. The molecule has 1 atom stereocenters. The predicted octanol–water partition coefficient (Wildman–Crippen LogP) is 1.55. The highest BCUT2D eigenvalue weighted by Gasteiger charge is 2.10. The van der Waals surface area contributed by atoms with E-state index < -0.39 is 0 Å². The highest BCUT2D eigenvalue weighted by atomic mass is 35.5. The number of rotatable bonds is 6. The van der Waals surface area contributed by atoms with Crippen molar-refractivity contribution in [3.8, 4) is 0 Å². The average Bonchev–Trinajstić information content (AvgIpc) is 2.64. The summed E-state index contributed by atoms with van der Waals surface area (Å²) in [6.07, 6.45) is 2.77. The SMILES string of the molecule is CC(CCl)CNCCN1CCCC1. The Balaban J connectivity index is 1.88. The molecule has 78 valence electrons. The Morgan fingerprint density at radius 1 is 1.38 bits per heavy atom. The van der Waals surface area contributed by atoms with Gasteiger partial charge in [0.15, 0.2) is 0 Å². The van der Waals surface area contributed by atoms with Crippen molar-refractivity contribution >= 4 is 11.6 Å². The second-order valence-electron chi connectivity index (χ2n) is 4.01. The third-order valence-electron chi connectivity index (χ3n) is 2.56. The van der Waals surface area contributed by atoms with Crippen LogP contribution in [0.1, 0.15) is 19.8 Å². The van der Waals surface area contributed by atoms with Gasteiger partial charge < -0.3 is 10.2 Å². The summed E-state index contributed by atoms with van der Waals surface area (Å²) in [5, 5.41) is 3.44. The van der Waals surface area contributed by atoms with Gasteiger partial charge in [-0.25, -0.2) is 0 Å².